The van der Waals surface area contributed by atoms with Gasteiger partial charge in [0.25, 0.3) is 0 Å². The van der Waals surface area contributed by atoms with Crippen molar-refractivity contribution in [3.8, 4) is 0 Å². The van der Waals surface area contributed by atoms with Gasteiger partial charge in [0.15, 0.2) is 0 Å². The standard InChI is InChI=1S/C15H20BrFN2O.ClH/c16-14-9-13(17)3-2-12(14)10-19-15(20)4-1-11-5-7-18-8-6-11;/h2-3,9,11,18H,1,4-8,10H2,(H,19,20);1H. The van der Waals surface area contributed by atoms with Crippen molar-refractivity contribution in [2.24, 2.45) is 5.92 Å². The summed E-state index contributed by atoms with van der Waals surface area (Å²) in [5.74, 6) is 0.456. The van der Waals surface area contributed by atoms with Crippen molar-refractivity contribution in [1.29, 1.82) is 0 Å². The highest BCUT2D eigenvalue weighted by atomic mass is 79.9. The van der Waals surface area contributed by atoms with E-state index < -0.39 is 0 Å². The first-order valence-electron chi connectivity index (χ1n) is 7.06. The first-order valence-corrected chi connectivity index (χ1v) is 7.86. The molecule has 1 aromatic carbocycles. The highest BCUT2D eigenvalue weighted by Crippen LogP contribution is 2.19. The summed E-state index contributed by atoms with van der Waals surface area (Å²) < 4.78 is 13.6. The van der Waals surface area contributed by atoms with Gasteiger partial charge < -0.3 is 10.6 Å². The molecule has 1 aromatic rings. The van der Waals surface area contributed by atoms with E-state index in [0.717, 1.165) is 37.9 Å². The Kier molecular flexibility index (Phi) is 8.22. The van der Waals surface area contributed by atoms with Crippen LogP contribution in [0.5, 0.6) is 0 Å². The normalized spacial score (nSPS) is 15.3. The van der Waals surface area contributed by atoms with Crippen LogP contribution in [0, 0.1) is 11.7 Å². The molecule has 0 aromatic heterocycles. The molecule has 1 saturated heterocycles. The highest BCUT2D eigenvalue weighted by Gasteiger charge is 2.14. The van der Waals surface area contributed by atoms with Gasteiger partial charge in [-0.1, -0.05) is 22.0 Å². The number of rotatable bonds is 5. The van der Waals surface area contributed by atoms with E-state index in [1.807, 2.05) is 0 Å². The molecule has 3 nitrogen and oxygen atoms in total. The first-order chi connectivity index (χ1) is 9.65. The molecule has 1 heterocycles. The fourth-order valence-corrected chi connectivity index (χ4v) is 2.94. The van der Waals surface area contributed by atoms with Gasteiger partial charge in [-0.2, -0.15) is 0 Å². The average molecular weight is 380 g/mol. The Morgan fingerprint density at radius 2 is 2.10 bits per heavy atom. The molecule has 1 fully saturated rings. The van der Waals surface area contributed by atoms with Crippen LogP contribution < -0.4 is 10.6 Å². The van der Waals surface area contributed by atoms with Gasteiger partial charge in [-0.05, 0) is 56.0 Å². The molecule has 0 atom stereocenters. The fraction of sp³-hybridized carbons (Fsp3) is 0.533. The summed E-state index contributed by atoms with van der Waals surface area (Å²) in [6, 6.07) is 4.50. The van der Waals surface area contributed by atoms with Gasteiger partial charge in [0.1, 0.15) is 5.82 Å². The topological polar surface area (TPSA) is 41.1 Å². The molecule has 118 valence electrons. The summed E-state index contributed by atoms with van der Waals surface area (Å²) in [5.41, 5.74) is 0.890. The first kappa shape index (κ1) is 18.4. The second-order valence-electron chi connectivity index (χ2n) is 5.24. The lowest BCUT2D eigenvalue weighted by Gasteiger charge is -2.22. The predicted molar refractivity (Wildman–Crippen MR) is 88.0 cm³/mol. The summed E-state index contributed by atoms with van der Waals surface area (Å²) in [5, 5.41) is 6.22. The number of piperidine rings is 1. The third kappa shape index (κ3) is 6.32. The number of hydrogen-bond acceptors (Lipinski definition) is 2. The Balaban J connectivity index is 0.00000220. The second-order valence-corrected chi connectivity index (χ2v) is 6.10. The molecular formula is C15H21BrClFN2O. The zero-order valence-electron chi connectivity index (χ0n) is 11.8. The summed E-state index contributed by atoms with van der Waals surface area (Å²) in [6.45, 7) is 2.57. The molecule has 0 bridgehead atoms. The molecule has 1 amide bonds. The summed E-state index contributed by atoms with van der Waals surface area (Å²) in [4.78, 5) is 11.8. The van der Waals surface area contributed by atoms with E-state index in [0.29, 0.717) is 23.4 Å². The van der Waals surface area contributed by atoms with Gasteiger partial charge >= 0.3 is 0 Å². The Morgan fingerprint density at radius 3 is 2.76 bits per heavy atom. The van der Waals surface area contributed by atoms with Gasteiger partial charge in [0, 0.05) is 17.4 Å². The van der Waals surface area contributed by atoms with Crippen LogP contribution in [0.2, 0.25) is 0 Å². The third-order valence-corrected chi connectivity index (χ3v) is 4.47. The maximum Gasteiger partial charge on any atom is 0.220 e. The number of halogens is 3. The van der Waals surface area contributed by atoms with Crippen molar-refractivity contribution in [2.45, 2.75) is 32.2 Å². The van der Waals surface area contributed by atoms with Crippen LogP contribution in [0.25, 0.3) is 0 Å². The van der Waals surface area contributed by atoms with Gasteiger partial charge in [-0.3, -0.25) is 4.79 Å². The van der Waals surface area contributed by atoms with Crippen molar-refractivity contribution in [3.63, 3.8) is 0 Å². The molecule has 6 heteroatoms. The van der Waals surface area contributed by atoms with Crippen LogP contribution in [-0.2, 0) is 11.3 Å². The molecule has 2 rings (SSSR count). The number of carbonyl (C=O) groups excluding carboxylic acids is 1. The van der Waals surface area contributed by atoms with Gasteiger partial charge in [-0.25, -0.2) is 4.39 Å². The van der Waals surface area contributed by atoms with Crippen LogP contribution in [-0.4, -0.2) is 19.0 Å². The summed E-state index contributed by atoms with van der Waals surface area (Å²) in [7, 11) is 0. The lowest BCUT2D eigenvalue weighted by atomic mass is 9.93. The van der Waals surface area contributed by atoms with Crippen LogP contribution in [0.4, 0.5) is 4.39 Å². The molecule has 21 heavy (non-hydrogen) atoms. The zero-order valence-corrected chi connectivity index (χ0v) is 14.2. The lowest BCUT2D eigenvalue weighted by Crippen LogP contribution is -2.29. The van der Waals surface area contributed by atoms with Crippen molar-refractivity contribution in [3.05, 3.63) is 34.1 Å². The van der Waals surface area contributed by atoms with E-state index in [9.17, 15) is 9.18 Å². The highest BCUT2D eigenvalue weighted by molar-refractivity contribution is 9.10. The Morgan fingerprint density at radius 1 is 1.38 bits per heavy atom. The Hall–Kier alpha value is -0.650. The number of amides is 1. The quantitative estimate of drug-likeness (QED) is 0.823. The lowest BCUT2D eigenvalue weighted by molar-refractivity contribution is -0.121. The second kappa shape index (κ2) is 9.38. The molecule has 0 saturated carbocycles. The van der Waals surface area contributed by atoms with Gasteiger partial charge in [0.2, 0.25) is 5.91 Å². The molecule has 0 aliphatic carbocycles. The summed E-state index contributed by atoms with van der Waals surface area (Å²) in [6.07, 6.45) is 3.86. The minimum absolute atomic E-state index is 0. The zero-order chi connectivity index (χ0) is 14.4. The van der Waals surface area contributed by atoms with E-state index >= 15 is 0 Å². The van der Waals surface area contributed by atoms with Crippen LogP contribution in [0.3, 0.4) is 0 Å². The van der Waals surface area contributed by atoms with E-state index in [1.165, 1.54) is 12.1 Å². The van der Waals surface area contributed by atoms with Gasteiger partial charge in [0.05, 0.1) is 0 Å². The summed E-state index contributed by atoms with van der Waals surface area (Å²) >= 11 is 3.30. The smallest absolute Gasteiger partial charge is 0.220 e. The van der Waals surface area contributed by atoms with E-state index in [1.54, 1.807) is 6.07 Å². The van der Waals surface area contributed by atoms with Crippen molar-refractivity contribution >= 4 is 34.2 Å². The van der Waals surface area contributed by atoms with Crippen LogP contribution in [0.1, 0.15) is 31.2 Å². The van der Waals surface area contributed by atoms with Crippen LogP contribution in [0.15, 0.2) is 22.7 Å². The van der Waals surface area contributed by atoms with Crippen molar-refractivity contribution in [2.75, 3.05) is 13.1 Å². The molecule has 0 radical (unpaired) electrons. The largest absolute Gasteiger partial charge is 0.352 e. The molecule has 0 unspecified atom stereocenters. The number of benzene rings is 1. The van der Waals surface area contributed by atoms with Gasteiger partial charge in [-0.15, -0.1) is 12.4 Å². The van der Waals surface area contributed by atoms with E-state index in [4.69, 9.17) is 0 Å². The molecule has 2 N–H and O–H groups in total. The maximum absolute atomic E-state index is 13.0. The minimum Gasteiger partial charge on any atom is -0.352 e. The van der Waals surface area contributed by atoms with E-state index in [2.05, 4.69) is 26.6 Å². The monoisotopic (exact) mass is 378 g/mol. The molecule has 1 aliphatic heterocycles. The average Bonchev–Trinajstić information content (AvgIpc) is 2.45. The minimum atomic E-state index is -0.280. The maximum atomic E-state index is 13.0. The Bertz CT molecular complexity index is 467. The molecule has 1 aliphatic rings. The predicted octanol–water partition coefficient (Wildman–Crippen LogP) is 3.41. The molecular weight excluding hydrogens is 359 g/mol. The van der Waals surface area contributed by atoms with Crippen LogP contribution >= 0.6 is 28.3 Å². The SMILES string of the molecule is Cl.O=C(CCC1CCNCC1)NCc1ccc(F)cc1Br. The number of nitrogens with one attached hydrogen (secondary N) is 2. The molecule has 0 spiro atoms. The number of hydrogen-bond donors (Lipinski definition) is 2. The Labute approximate surface area is 139 Å². The van der Waals surface area contributed by atoms with Crippen molar-refractivity contribution < 1.29 is 9.18 Å². The third-order valence-electron chi connectivity index (χ3n) is 3.73. The fourth-order valence-electron chi connectivity index (χ4n) is 2.45. The van der Waals surface area contributed by atoms with Crippen molar-refractivity contribution in [1.82, 2.24) is 10.6 Å². The number of carbonyl (C=O) groups is 1. The van der Waals surface area contributed by atoms with E-state index in [-0.39, 0.29) is 24.1 Å².